The Morgan fingerprint density at radius 3 is 2.45 bits per heavy atom. The van der Waals surface area contributed by atoms with Crippen molar-refractivity contribution >= 4 is 12.3 Å². The second kappa shape index (κ2) is 9.11. The topological polar surface area (TPSA) is 61.7 Å². The lowest BCUT2D eigenvalue weighted by Crippen LogP contribution is -2.51. The van der Waals surface area contributed by atoms with E-state index in [4.69, 9.17) is 5.10 Å². The fourth-order valence-corrected chi connectivity index (χ4v) is 5.06. The molecule has 2 fully saturated rings. The lowest BCUT2D eigenvalue weighted by molar-refractivity contribution is -0.120. The van der Waals surface area contributed by atoms with E-state index in [1.54, 1.807) is 0 Å². The first-order valence-electron chi connectivity index (χ1n) is 11.1. The van der Waals surface area contributed by atoms with Crippen molar-refractivity contribution in [1.82, 2.24) is 24.5 Å². The highest BCUT2D eigenvalue weighted by molar-refractivity contribution is 5.94. The van der Waals surface area contributed by atoms with Crippen LogP contribution in [0.2, 0.25) is 0 Å². The minimum atomic E-state index is 0.109. The number of nitrogens with zero attached hydrogens (tertiary/aromatic N) is 5. The van der Waals surface area contributed by atoms with Gasteiger partial charge in [-0.15, -0.1) is 6.58 Å². The van der Waals surface area contributed by atoms with Gasteiger partial charge in [-0.2, -0.15) is 5.10 Å². The van der Waals surface area contributed by atoms with Crippen LogP contribution in [0.5, 0.6) is 0 Å². The Morgan fingerprint density at radius 2 is 1.79 bits per heavy atom. The molecule has 0 radical (unpaired) electrons. The Labute approximate surface area is 173 Å². The lowest BCUT2D eigenvalue weighted by atomic mass is 9.89. The Balaban J connectivity index is 1.55. The second-order valence-electron chi connectivity index (χ2n) is 8.53. The van der Waals surface area contributed by atoms with E-state index in [9.17, 15) is 9.59 Å². The molecule has 3 aliphatic rings. The van der Waals surface area contributed by atoms with E-state index in [-0.39, 0.29) is 5.91 Å². The van der Waals surface area contributed by atoms with E-state index >= 15 is 0 Å². The van der Waals surface area contributed by atoms with Gasteiger partial charge in [-0.05, 0) is 32.1 Å². The molecular weight excluding hydrogens is 366 g/mol. The summed E-state index contributed by atoms with van der Waals surface area (Å²) >= 11 is 0. The molecule has 0 aromatic carbocycles. The normalized spacial score (nSPS) is 23.4. The Kier molecular flexibility index (Phi) is 6.33. The molecule has 0 bridgehead atoms. The third-order valence-electron chi connectivity index (χ3n) is 6.73. The molecule has 2 saturated heterocycles. The highest BCUT2D eigenvalue weighted by atomic mass is 16.2. The monoisotopic (exact) mass is 399 g/mol. The van der Waals surface area contributed by atoms with Gasteiger partial charge in [0, 0.05) is 56.6 Å². The zero-order chi connectivity index (χ0) is 20.2. The predicted molar refractivity (Wildman–Crippen MR) is 112 cm³/mol. The van der Waals surface area contributed by atoms with Crippen molar-refractivity contribution < 1.29 is 9.59 Å². The van der Waals surface area contributed by atoms with Crippen molar-refractivity contribution in [3.05, 3.63) is 29.6 Å². The first-order chi connectivity index (χ1) is 14.2. The Hall–Kier alpha value is -2.15. The van der Waals surface area contributed by atoms with E-state index in [0.717, 1.165) is 83.3 Å². The number of allylic oxidation sites excluding steroid dienone is 1. The standard InChI is InChI=1S/C22H33N5O2/c1-2-9-27-20-8-7-18(25-14-12-24(17-28)13-15-25)16-19(20)21(23-27)22(29)26-10-5-3-4-6-11-26/h2,17-18H,1,3-16H2/t18-/m0/s1. The number of carbonyl (C=O) groups excluding carboxylic acids is 2. The van der Waals surface area contributed by atoms with Gasteiger partial charge in [-0.25, -0.2) is 0 Å². The summed E-state index contributed by atoms with van der Waals surface area (Å²) in [7, 11) is 0. The minimum absolute atomic E-state index is 0.109. The molecule has 0 unspecified atom stereocenters. The highest BCUT2D eigenvalue weighted by Gasteiger charge is 2.34. The summed E-state index contributed by atoms with van der Waals surface area (Å²) in [5.74, 6) is 0.109. The molecule has 1 aromatic rings. The third-order valence-corrected chi connectivity index (χ3v) is 6.73. The van der Waals surface area contributed by atoms with Gasteiger partial charge in [0.25, 0.3) is 5.91 Å². The smallest absolute Gasteiger partial charge is 0.274 e. The summed E-state index contributed by atoms with van der Waals surface area (Å²) in [6.45, 7) is 9.62. The Bertz CT molecular complexity index is 743. The van der Waals surface area contributed by atoms with Gasteiger partial charge in [0.15, 0.2) is 5.69 Å². The van der Waals surface area contributed by atoms with E-state index in [1.165, 1.54) is 18.5 Å². The van der Waals surface area contributed by atoms with Crippen LogP contribution in [0.25, 0.3) is 0 Å². The molecule has 2 aliphatic heterocycles. The van der Waals surface area contributed by atoms with E-state index < -0.39 is 0 Å². The summed E-state index contributed by atoms with van der Waals surface area (Å²) in [6, 6.07) is 0.424. The average molecular weight is 400 g/mol. The zero-order valence-electron chi connectivity index (χ0n) is 17.4. The number of hydrogen-bond acceptors (Lipinski definition) is 4. The van der Waals surface area contributed by atoms with Gasteiger partial charge in [-0.1, -0.05) is 18.9 Å². The predicted octanol–water partition coefficient (Wildman–Crippen LogP) is 1.72. The first kappa shape index (κ1) is 20.1. The van der Waals surface area contributed by atoms with Crippen molar-refractivity contribution in [2.24, 2.45) is 0 Å². The lowest BCUT2D eigenvalue weighted by Gasteiger charge is -2.39. The number of fused-ring (bicyclic) bond motifs is 1. The fraction of sp³-hybridized carbons (Fsp3) is 0.682. The van der Waals surface area contributed by atoms with Crippen LogP contribution >= 0.6 is 0 Å². The van der Waals surface area contributed by atoms with Crippen molar-refractivity contribution in [2.75, 3.05) is 39.3 Å². The SMILES string of the molecule is C=CCn1nc(C(=O)N2CCCCCC2)c2c1CC[C@H](N1CCN(C=O)CC1)C2. The molecule has 0 spiro atoms. The van der Waals surface area contributed by atoms with Crippen LogP contribution < -0.4 is 0 Å². The van der Waals surface area contributed by atoms with Crippen molar-refractivity contribution in [1.29, 1.82) is 0 Å². The molecule has 29 heavy (non-hydrogen) atoms. The van der Waals surface area contributed by atoms with Crippen LogP contribution in [0.3, 0.4) is 0 Å². The molecule has 7 nitrogen and oxygen atoms in total. The molecule has 3 heterocycles. The maximum absolute atomic E-state index is 13.4. The summed E-state index contributed by atoms with van der Waals surface area (Å²) in [6.07, 6.45) is 10.3. The van der Waals surface area contributed by atoms with Gasteiger partial charge >= 0.3 is 0 Å². The molecule has 7 heteroatoms. The number of carbonyl (C=O) groups is 2. The summed E-state index contributed by atoms with van der Waals surface area (Å²) in [5, 5.41) is 4.77. The summed E-state index contributed by atoms with van der Waals surface area (Å²) in [5.41, 5.74) is 3.03. The van der Waals surface area contributed by atoms with Crippen LogP contribution in [0.4, 0.5) is 0 Å². The Morgan fingerprint density at radius 1 is 1.07 bits per heavy atom. The number of likely N-dealkylation sites (tertiary alicyclic amines) is 1. The van der Waals surface area contributed by atoms with Gasteiger partial charge in [0.05, 0.1) is 6.54 Å². The molecule has 4 rings (SSSR count). The quantitative estimate of drug-likeness (QED) is 0.559. The van der Waals surface area contributed by atoms with Crippen LogP contribution in [0.1, 0.15) is 53.8 Å². The molecule has 158 valence electrons. The molecule has 0 saturated carbocycles. The minimum Gasteiger partial charge on any atom is -0.343 e. The number of aromatic nitrogens is 2. The molecule has 1 atom stereocenters. The van der Waals surface area contributed by atoms with Crippen molar-refractivity contribution in [3.63, 3.8) is 0 Å². The molecule has 0 N–H and O–H groups in total. The molecule has 1 aromatic heterocycles. The summed E-state index contributed by atoms with van der Waals surface area (Å²) in [4.78, 5) is 30.7. The van der Waals surface area contributed by atoms with E-state index in [1.807, 2.05) is 20.6 Å². The van der Waals surface area contributed by atoms with Crippen LogP contribution in [-0.4, -0.2) is 82.1 Å². The van der Waals surface area contributed by atoms with Gasteiger partial charge in [0.1, 0.15) is 0 Å². The number of amides is 2. The summed E-state index contributed by atoms with van der Waals surface area (Å²) < 4.78 is 1.99. The van der Waals surface area contributed by atoms with Crippen LogP contribution in [0.15, 0.2) is 12.7 Å². The molecular formula is C22H33N5O2. The molecule has 1 aliphatic carbocycles. The van der Waals surface area contributed by atoms with E-state index in [0.29, 0.717) is 18.3 Å². The van der Waals surface area contributed by atoms with Gasteiger partial charge in [-0.3, -0.25) is 19.2 Å². The van der Waals surface area contributed by atoms with Crippen LogP contribution in [0, 0.1) is 0 Å². The number of hydrogen-bond donors (Lipinski definition) is 0. The van der Waals surface area contributed by atoms with Gasteiger partial charge in [0.2, 0.25) is 6.41 Å². The highest BCUT2D eigenvalue weighted by Crippen LogP contribution is 2.29. The zero-order valence-corrected chi connectivity index (χ0v) is 17.4. The van der Waals surface area contributed by atoms with E-state index in [2.05, 4.69) is 11.5 Å². The maximum atomic E-state index is 13.4. The fourth-order valence-electron chi connectivity index (χ4n) is 5.06. The average Bonchev–Trinajstić information content (AvgIpc) is 2.93. The largest absolute Gasteiger partial charge is 0.343 e. The maximum Gasteiger partial charge on any atom is 0.274 e. The number of rotatable bonds is 5. The van der Waals surface area contributed by atoms with Gasteiger partial charge < -0.3 is 9.80 Å². The van der Waals surface area contributed by atoms with Crippen molar-refractivity contribution in [3.8, 4) is 0 Å². The molecule has 2 amide bonds. The first-order valence-corrected chi connectivity index (χ1v) is 11.1. The third kappa shape index (κ3) is 4.25. The number of piperazine rings is 1. The van der Waals surface area contributed by atoms with Crippen LogP contribution in [-0.2, 0) is 24.2 Å². The van der Waals surface area contributed by atoms with Crippen molar-refractivity contribution in [2.45, 2.75) is 57.5 Å². The second-order valence-corrected chi connectivity index (χ2v) is 8.53.